The smallest absolute Gasteiger partial charge is 0.0805 e. The molecule has 0 aromatic heterocycles. The molecule has 1 aromatic carbocycles. The van der Waals surface area contributed by atoms with Crippen molar-refractivity contribution in [3.63, 3.8) is 0 Å². The van der Waals surface area contributed by atoms with Crippen LogP contribution in [0.1, 0.15) is 26.3 Å². The van der Waals surface area contributed by atoms with Gasteiger partial charge in [-0.2, -0.15) is 0 Å². The average molecular weight is 333 g/mol. The monoisotopic (exact) mass is 331 g/mol. The molecule has 1 aliphatic heterocycles. The van der Waals surface area contributed by atoms with Crippen molar-refractivity contribution in [1.82, 2.24) is 0 Å². The normalized spacial score (nSPS) is 23.2. The van der Waals surface area contributed by atoms with Crippen molar-refractivity contribution in [2.75, 3.05) is 18.0 Å². The first kappa shape index (κ1) is 14.2. The van der Waals surface area contributed by atoms with Crippen molar-refractivity contribution in [3.8, 4) is 0 Å². The van der Waals surface area contributed by atoms with Gasteiger partial charge in [0.15, 0.2) is 0 Å². The zero-order chi connectivity index (χ0) is 13.3. The van der Waals surface area contributed by atoms with E-state index in [-0.39, 0.29) is 11.7 Å². The van der Waals surface area contributed by atoms with E-state index in [1.165, 1.54) is 11.3 Å². The second kappa shape index (κ2) is 5.40. The van der Waals surface area contributed by atoms with E-state index in [1.54, 1.807) is 0 Å². The van der Waals surface area contributed by atoms with Crippen LogP contribution in [0.15, 0.2) is 18.2 Å². The Morgan fingerprint density at radius 1 is 1.50 bits per heavy atom. The van der Waals surface area contributed by atoms with Crippen LogP contribution in [0.2, 0.25) is 5.02 Å². The second-order valence-corrected chi connectivity index (χ2v) is 6.47. The molecule has 4 heteroatoms. The number of anilines is 1. The molecule has 0 saturated carbocycles. The third-order valence-electron chi connectivity index (χ3n) is 3.10. The molecule has 2 rings (SSSR count). The van der Waals surface area contributed by atoms with Crippen LogP contribution in [0, 0.1) is 0 Å². The number of hydrogen-bond donors (Lipinski definition) is 0. The zero-order valence-electron chi connectivity index (χ0n) is 11.0. The maximum Gasteiger partial charge on any atom is 0.0805 e. The maximum absolute atomic E-state index is 6.13. The van der Waals surface area contributed by atoms with Gasteiger partial charge in [-0.15, -0.1) is 0 Å². The molecule has 0 N–H and O–H groups in total. The van der Waals surface area contributed by atoms with Crippen molar-refractivity contribution in [2.24, 2.45) is 0 Å². The number of halogens is 2. The summed E-state index contributed by atoms with van der Waals surface area (Å²) in [6.45, 7) is 8.18. The second-order valence-electron chi connectivity index (χ2n) is 5.48. The number of benzene rings is 1. The summed E-state index contributed by atoms with van der Waals surface area (Å²) in [7, 11) is 0. The fraction of sp³-hybridized carbons (Fsp3) is 0.571. The van der Waals surface area contributed by atoms with Crippen LogP contribution in [-0.2, 0) is 10.1 Å². The molecule has 1 saturated heterocycles. The summed E-state index contributed by atoms with van der Waals surface area (Å²) in [5, 5.41) is 1.62. The van der Waals surface area contributed by atoms with Gasteiger partial charge in [-0.1, -0.05) is 33.6 Å². The Morgan fingerprint density at radius 3 is 2.83 bits per heavy atom. The van der Waals surface area contributed by atoms with Crippen molar-refractivity contribution < 1.29 is 4.74 Å². The first-order valence-corrected chi connectivity index (χ1v) is 7.68. The van der Waals surface area contributed by atoms with Gasteiger partial charge in [0.25, 0.3) is 0 Å². The van der Waals surface area contributed by atoms with E-state index in [0.717, 1.165) is 23.4 Å². The predicted molar refractivity (Wildman–Crippen MR) is 80.9 cm³/mol. The van der Waals surface area contributed by atoms with E-state index >= 15 is 0 Å². The minimum atomic E-state index is -0.121. The van der Waals surface area contributed by atoms with E-state index in [1.807, 2.05) is 12.1 Å². The fourth-order valence-electron chi connectivity index (χ4n) is 2.58. The number of nitrogens with zero attached hydrogens (tertiary/aromatic N) is 1. The topological polar surface area (TPSA) is 12.5 Å². The third kappa shape index (κ3) is 3.19. The summed E-state index contributed by atoms with van der Waals surface area (Å²) in [5.74, 6) is 0. The van der Waals surface area contributed by atoms with Crippen LogP contribution in [0.3, 0.4) is 0 Å². The number of morpholine rings is 1. The summed E-state index contributed by atoms with van der Waals surface area (Å²) in [6.07, 6.45) is 0.232. The summed E-state index contributed by atoms with van der Waals surface area (Å²) in [6, 6.07) is 6.07. The predicted octanol–water partition coefficient (Wildman–Crippen LogP) is 4.24. The van der Waals surface area contributed by atoms with Gasteiger partial charge in [-0.3, -0.25) is 0 Å². The lowest BCUT2D eigenvalue weighted by atomic mass is 10.0. The van der Waals surface area contributed by atoms with Crippen molar-refractivity contribution in [3.05, 3.63) is 28.8 Å². The Bertz CT molecular complexity index is 436. The molecule has 1 atom stereocenters. The van der Waals surface area contributed by atoms with E-state index in [4.69, 9.17) is 16.3 Å². The van der Waals surface area contributed by atoms with Gasteiger partial charge in [0, 0.05) is 29.1 Å². The molecule has 1 aliphatic rings. The van der Waals surface area contributed by atoms with Crippen LogP contribution < -0.4 is 4.90 Å². The van der Waals surface area contributed by atoms with E-state index < -0.39 is 0 Å². The Morgan fingerprint density at radius 2 is 2.22 bits per heavy atom. The van der Waals surface area contributed by atoms with E-state index in [0.29, 0.717) is 0 Å². The molecule has 0 aliphatic carbocycles. The molecule has 0 bridgehead atoms. The van der Waals surface area contributed by atoms with Crippen molar-refractivity contribution in [2.45, 2.75) is 37.8 Å². The molecule has 100 valence electrons. The molecule has 2 nitrogen and oxygen atoms in total. The SMILES string of the molecule is CC1CN(c2cc(Cl)ccc2CBr)CC(C)(C)O1. The summed E-state index contributed by atoms with van der Waals surface area (Å²) >= 11 is 9.67. The van der Waals surface area contributed by atoms with Crippen LogP contribution in [-0.4, -0.2) is 24.8 Å². The van der Waals surface area contributed by atoms with Crippen LogP contribution >= 0.6 is 27.5 Å². The van der Waals surface area contributed by atoms with E-state index in [9.17, 15) is 0 Å². The standard InChI is InChI=1S/C14H19BrClNO/c1-10-8-17(9-14(2,3)18-10)13-6-12(16)5-4-11(13)7-15/h4-6,10H,7-9H2,1-3H3. The molecular weight excluding hydrogens is 314 g/mol. The minimum absolute atomic E-state index is 0.121. The minimum Gasteiger partial charge on any atom is -0.369 e. The van der Waals surface area contributed by atoms with Crippen LogP contribution in [0.5, 0.6) is 0 Å². The van der Waals surface area contributed by atoms with Gasteiger partial charge in [0.1, 0.15) is 0 Å². The lowest BCUT2D eigenvalue weighted by molar-refractivity contribution is -0.0750. The quantitative estimate of drug-likeness (QED) is 0.751. The summed E-state index contributed by atoms with van der Waals surface area (Å²) in [4.78, 5) is 2.37. The van der Waals surface area contributed by atoms with Gasteiger partial charge in [-0.05, 0) is 38.5 Å². The fourth-order valence-corrected chi connectivity index (χ4v) is 3.22. The Hall–Kier alpha value is -0.250. The van der Waals surface area contributed by atoms with Gasteiger partial charge in [0.2, 0.25) is 0 Å². The third-order valence-corrected chi connectivity index (χ3v) is 3.94. The Balaban J connectivity index is 2.32. The van der Waals surface area contributed by atoms with Crippen LogP contribution in [0.4, 0.5) is 5.69 Å². The molecule has 1 unspecified atom stereocenters. The maximum atomic E-state index is 6.13. The Labute approximate surface area is 122 Å². The van der Waals surface area contributed by atoms with Crippen LogP contribution in [0.25, 0.3) is 0 Å². The molecule has 0 radical (unpaired) electrons. The molecule has 18 heavy (non-hydrogen) atoms. The number of ether oxygens (including phenoxy) is 1. The number of rotatable bonds is 2. The molecule has 1 aromatic rings. The van der Waals surface area contributed by atoms with Gasteiger partial charge < -0.3 is 9.64 Å². The molecule has 1 heterocycles. The van der Waals surface area contributed by atoms with Gasteiger partial charge in [0.05, 0.1) is 11.7 Å². The number of hydrogen-bond acceptors (Lipinski definition) is 2. The van der Waals surface area contributed by atoms with Crippen molar-refractivity contribution >= 4 is 33.2 Å². The molecule has 0 spiro atoms. The molecule has 1 fully saturated rings. The highest BCUT2D eigenvalue weighted by atomic mass is 79.9. The molecule has 0 amide bonds. The first-order chi connectivity index (χ1) is 8.41. The molecular formula is C14H19BrClNO. The largest absolute Gasteiger partial charge is 0.369 e. The highest BCUT2D eigenvalue weighted by Crippen LogP contribution is 2.31. The first-order valence-electron chi connectivity index (χ1n) is 6.18. The zero-order valence-corrected chi connectivity index (χ0v) is 13.4. The van der Waals surface area contributed by atoms with Crippen molar-refractivity contribution in [1.29, 1.82) is 0 Å². The summed E-state index contributed by atoms with van der Waals surface area (Å²) < 4.78 is 5.94. The lowest BCUT2D eigenvalue weighted by Crippen LogP contribution is -2.52. The highest BCUT2D eigenvalue weighted by Gasteiger charge is 2.32. The summed E-state index contributed by atoms with van der Waals surface area (Å²) in [5.41, 5.74) is 2.36. The number of alkyl halides is 1. The highest BCUT2D eigenvalue weighted by molar-refractivity contribution is 9.08. The lowest BCUT2D eigenvalue weighted by Gasteiger charge is -2.43. The van der Waals surface area contributed by atoms with E-state index in [2.05, 4.69) is 47.7 Å². The average Bonchev–Trinajstić information content (AvgIpc) is 2.26. The van der Waals surface area contributed by atoms with Gasteiger partial charge in [-0.25, -0.2) is 0 Å². The Kier molecular flexibility index (Phi) is 4.25. The van der Waals surface area contributed by atoms with Gasteiger partial charge >= 0.3 is 0 Å².